The van der Waals surface area contributed by atoms with Crippen molar-refractivity contribution < 1.29 is 4.79 Å². The zero-order valence-corrected chi connectivity index (χ0v) is 7.97. The molecule has 0 heterocycles. The third-order valence-corrected chi connectivity index (χ3v) is 2.18. The van der Waals surface area contributed by atoms with Crippen LogP contribution < -0.4 is 11.5 Å². The summed E-state index contributed by atoms with van der Waals surface area (Å²) >= 11 is 3.28. The molecule has 64 valence electrons. The van der Waals surface area contributed by atoms with Gasteiger partial charge in [-0.2, -0.15) is 0 Å². The Morgan fingerprint density at radius 3 is 2.58 bits per heavy atom. The molecule has 0 aliphatic heterocycles. The fraction of sp³-hybridized carbons (Fsp3) is 0.125. The van der Waals surface area contributed by atoms with Gasteiger partial charge in [0.15, 0.2) is 0 Å². The number of hydrogen-bond acceptors (Lipinski definition) is 2. The maximum Gasteiger partial charge on any atom is 0.250 e. The molecule has 0 saturated heterocycles. The van der Waals surface area contributed by atoms with Crippen LogP contribution in [0.25, 0.3) is 0 Å². The van der Waals surface area contributed by atoms with Crippen LogP contribution in [-0.4, -0.2) is 5.91 Å². The van der Waals surface area contributed by atoms with Crippen molar-refractivity contribution >= 4 is 27.5 Å². The Balaban J connectivity index is 3.12. The topological polar surface area (TPSA) is 69.1 Å². The number of amides is 1. The van der Waals surface area contributed by atoms with Gasteiger partial charge in [0.05, 0.1) is 5.56 Å². The highest BCUT2D eigenvalue weighted by atomic mass is 79.9. The zero-order valence-electron chi connectivity index (χ0n) is 6.38. The first-order chi connectivity index (χ1) is 5.65. The fourth-order valence-electron chi connectivity index (χ4n) is 0.920. The Hall–Kier alpha value is -1.03. The first kappa shape index (κ1) is 9.06. The van der Waals surface area contributed by atoms with Crippen LogP contribution in [0.5, 0.6) is 0 Å². The van der Waals surface area contributed by atoms with Crippen LogP contribution >= 0.6 is 15.9 Å². The summed E-state index contributed by atoms with van der Waals surface area (Å²) in [6.07, 6.45) is 0. The third kappa shape index (κ3) is 1.76. The minimum atomic E-state index is -0.492. The molecule has 0 saturated carbocycles. The van der Waals surface area contributed by atoms with Crippen molar-refractivity contribution in [3.63, 3.8) is 0 Å². The first-order valence-electron chi connectivity index (χ1n) is 3.39. The number of primary amides is 1. The van der Waals surface area contributed by atoms with Crippen molar-refractivity contribution in [1.82, 2.24) is 0 Å². The molecule has 4 heteroatoms. The van der Waals surface area contributed by atoms with Crippen molar-refractivity contribution in [2.75, 3.05) is 5.73 Å². The quantitative estimate of drug-likeness (QED) is 0.592. The van der Waals surface area contributed by atoms with Gasteiger partial charge in [-0.25, -0.2) is 0 Å². The van der Waals surface area contributed by atoms with E-state index < -0.39 is 5.91 Å². The first-order valence-corrected chi connectivity index (χ1v) is 4.51. The summed E-state index contributed by atoms with van der Waals surface area (Å²) in [5.41, 5.74) is 12.5. The van der Waals surface area contributed by atoms with Crippen molar-refractivity contribution in [2.24, 2.45) is 5.73 Å². The van der Waals surface area contributed by atoms with E-state index in [1.807, 2.05) is 6.07 Å². The van der Waals surface area contributed by atoms with E-state index in [0.29, 0.717) is 11.3 Å². The van der Waals surface area contributed by atoms with E-state index in [9.17, 15) is 4.79 Å². The normalized spacial score (nSPS) is 9.75. The van der Waals surface area contributed by atoms with E-state index in [4.69, 9.17) is 11.5 Å². The maximum absolute atomic E-state index is 10.8. The number of nitrogens with two attached hydrogens (primary N) is 2. The van der Waals surface area contributed by atoms with Gasteiger partial charge in [-0.15, -0.1) is 0 Å². The van der Waals surface area contributed by atoms with Crippen LogP contribution in [0.3, 0.4) is 0 Å². The van der Waals surface area contributed by atoms with Gasteiger partial charge in [-0.3, -0.25) is 4.79 Å². The van der Waals surface area contributed by atoms with Gasteiger partial charge in [0, 0.05) is 11.0 Å². The second-order valence-corrected chi connectivity index (χ2v) is 2.98. The molecule has 12 heavy (non-hydrogen) atoms. The van der Waals surface area contributed by atoms with Gasteiger partial charge >= 0.3 is 0 Å². The van der Waals surface area contributed by atoms with Gasteiger partial charge in [0.2, 0.25) is 0 Å². The van der Waals surface area contributed by atoms with Crippen LogP contribution in [0.2, 0.25) is 0 Å². The Morgan fingerprint density at radius 1 is 1.50 bits per heavy atom. The lowest BCUT2D eigenvalue weighted by atomic mass is 10.1. The number of anilines is 1. The number of benzene rings is 1. The fourth-order valence-corrected chi connectivity index (χ4v) is 1.27. The molecule has 0 bridgehead atoms. The minimum absolute atomic E-state index is 0.375. The molecule has 0 aliphatic carbocycles. The molecule has 0 atom stereocenters. The van der Waals surface area contributed by atoms with E-state index in [2.05, 4.69) is 15.9 Å². The molecule has 3 nitrogen and oxygen atoms in total. The van der Waals surface area contributed by atoms with E-state index in [0.717, 1.165) is 10.9 Å². The van der Waals surface area contributed by atoms with E-state index >= 15 is 0 Å². The SMILES string of the molecule is NC(=O)c1ccc(CBr)cc1N. The van der Waals surface area contributed by atoms with E-state index in [-0.39, 0.29) is 0 Å². The maximum atomic E-state index is 10.8. The lowest BCUT2D eigenvalue weighted by molar-refractivity contribution is 0.100. The Bertz CT molecular complexity index is 312. The Morgan fingerprint density at radius 2 is 2.17 bits per heavy atom. The predicted octanol–water partition coefficient (Wildman–Crippen LogP) is 1.26. The summed E-state index contributed by atoms with van der Waals surface area (Å²) in [5.74, 6) is -0.492. The smallest absolute Gasteiger partial charge is 0.250 e. The summed E-state index contributed by atoms with van der Waals surface area (Å²) in [4.78, 5) is 10.8. The number of carbonyl (C=O) groups is 1. The monoisotopic (exact) mass is 228 g/mol. The van der Waals surface area contributed by atoms with Gasteiger partial charge < -0.3 is 11.5 Å². The van der Waals surface area contributed by atoms with Crippen LogP contribution in [0.4, 0.5) is 5.69 Å². The molecule has 4 N–H and O–H groups in total. The number of rotatable bonds is 2. The largest absolute Gasteiger partial charge is 0.398 e. The van der Waals surface area contributed by atoms with Crippen LogP contribution in [-0.2, 0) is 5.33 Å². The second-order valence-electron chi connectivity index (χ2n) is 2.42. The predicted molar refractivity (Wildman–Crippen MR) is 52.0 cm³/mol. The Labute approximate surface area is 78.9 Å². The second kappa shape index (κ2) is 3.58. The summed E-state index contributed by atoms with van der Waals surface area (Å²) in [6, 6.07) is 5.17. The Kier molecular flexibility index (Phi) is 2.70. The average Bonchev–Trinajstić information content (AvgIpc) is 2.03. The minimum Gasteiger partial charge on any atom is -0.398 e. The van der Waals surface area contributed by atoms with Crippen molar-refractivity contribution in [1.29, 1.82) is 0 Å². The molecule has 0 radical (unpaired) electrons. The number of carbonyl (C=O) groups excluding carboxylic acids is 1. The molecule has 1 aromatic carbocycles. The number of halogens is 1. The lowest BCUT2D eigenvalue weighted by Gasteiger charge is -2.02. The average molecular weight is 229 g/mol. The van der Waals surface area contributed by atoms with Crippen LogP contribution in [0.15, 0.2) is 18.2 Å². The van der Waals surface area contributed by atoms with Crippen molar-refractivity contribution in [2.45, 2.75) is 5.33 Å². The van der Waals surface area contributed by atoms with Crippen molar-refractivity contribution in [3.8, 4) is 0 Å². The molecule has 1 aromatic rings. The van der Waals surface area contributed by atoms with E-state index in [1.165, 1.54) is 0 Å². The molecular formula is C8H9BrN2O. The van der Waals surface area contributed by atoms with Crippen LogP contribution in [0, 0.1) is 0 Å². The highest BCUT2D eigenvalue weighted by molar-refractivity contribution is 9.08. The molecule has 0 aromatic heterocycles. The molecule has 0 unspecified atom stereocenters. The standard InChI is InChI=1S/C8H9BrN2O/c9-4-5-1-2-6(8(11)12)7(10)3-5/h1-3H,4,10H2,(H2,11,12). The highest BCUT2D eigenvalue weighted by Crippen LogP contribution is 2.15. The van der Waals surface area contributed by atoms with Gasteiger partial charge in [-0.05, 0) is 17.7 Å². The summed E-state index contributed by atoms with van der Waals surface area (Å²) in [5, 5.41) is 0.718. The van der Waals surface area contributed by atoms with Crippen LogP contribution in [0.1, 0.15) is 15.9 Å². The van der Waals surface area contributed by atoms with Gasteiger partial charge in [-0.1, -0.05) is 22.0 Å². The van der Waals surface area contributed by atoms with Gasteiger partial charge in [0.25, 0.3) is 5.91 Å². The molecule has 0 fully saturated rings. The lowest BCUT2D eigenvalue weighted by Crippen LogP contribution is -2.13. The summed E-state index contributed by atoms with van der Waals surface area (Å²) in [6.45, 7) is 0. The van der Waals surface area contributed by atoms with Gasteiger partial charge in [0.1, 0.15) is 0 Å². The number of nitrogen functional groups attached to an aromatic ring is 1. The van der Waals surface area contributed by atoms with E-state index in [1.54, 1.807) is 12.1 Å². The highest BCUT2D eigenvalue weighted by Gasteiger charge is 2.04. The molecular weight excluding hydrogens is 220 g/mol. The molecule has 0 spiro atoms. The number of alkyl halides is 1. The summed E-state index contributed by atoms with van der Waals surface area (Å²) < 4.78 is 0. The molecule has 0 aliphatic rings. The zero-order chi connectivity index (χ0) is 9.14. The summed E-state index contributed by atoms with van der Waals surface area (Å²) in [7, 11) is 0. The number of hydrogen-bond donors (Lipinski definition) is 2. The third-order valence-electron chi connectivity index (χ3n) is 1.54. The molecule has 1 amide bonds. The molecule has 1 rings (SSSR count). The van der Waals surface area contributed by atoms with Crippen molar-refractivity contribution in [3.05, 3.63) is 29.3 Å².